The van der Waals surface area contributed by atoms with Gasteiger partial charge in [-0.15, -0.1) is 0 Å². The topological polar surface area (TPSA) is 57.2 Å². The van der Waals surface area contributed by atoms with Crippen LogP contribution in [0.15, 0.2) is 24.3 Å². The van der Waals surface area contributed by atoms with Gasteiger partial charge in [-0.1, -0.05) is 19.1 Å². The summed E-state index contributed by atoms with van der Waals surface area (Å²) in [5.41, 5.74) is 1.06. The summed E-state index contributed by atoms with van der Waals surface area (Å²) in [6.07, 6.45) is 1.70. The highest BCUT2D eigenvalue weighted by molar-refractivity contribution is 5.69. The number of carbonyl (C=O) groups excluding carboxylic acids is 1. The lowest BCUT2D eigenvalue weighted by molar-refractivity contribution is -0.182. The zero-order valence-corrected chi connectivity index (χ0v) is 15.2. The van der Waals surface area contributed by atoms with Crippen LogP contribution in [0.2, 0.25) is 0 Å². The van der Waals surface area contributed by atoms with Crippen molar-refractivity contribution in [3.05, 3.63) is 29.8 Å². The lowest BCUT2D eigenvalue weighted by atomic mass is 10.0. The molecule has 1 aromatic carbocycles. The average Bonchev–Trinajstić information content (AvgIpc) is 3.10. The molecule has 0 radical (unpaired) electrons. The summed E-state index contributed by atoms with van der Waals surface area (Å²) in [4.78, 5) is 14.3. The Morgan fingerprint density at radius 2 is 1.96 bits per heavy atom. The summed E-state index contributed by atoms with van der Waals surface area (Å²) in [6, 6.07) is 7.73. The van der Waals surface area contributed by atoms with Crippen molar-refractivity contribution in [3.63, 3.8) is 0 Å². The van der Waals surface area contributed by atoms with Gasteiger partial charge in [0.05, 0.1) is 26.4 Å². The van der Waals surface area contributed by atoms with E-state index in [9.17, 15) is 4.79 Å². The molecule has 2 fully saturated rings. The SMILES string of the molecule is CCC1(C[C@@H]2CCN([C@@H](C)c3ccc(OC)cc3)C(=O)O2)OCCO1. The fourth-order valence-corrected chi connectivity index (χ4v) is 3.51. The van der Waals surface area contributed by atoms with Crippen molar-refractivity contribution < 1.29 is 23.7 Å². The Bertz CT molecular complexity index is 582. The van der Waals surface area contributed by atoms with Crippen LogP contribution in [0.4, 0.5) is 4.79 Å². The Hall–Kier alpha value is -1.79. The third kappa shape index (κ3) is 3.90. The largest absolute Gasteiger partial charge is 0.497 e. The van der Waals surface area contributed by atoms with Gasteiger partial charge in [0, 0.05) is 19.4 Å². The molecule has 0 unspecified atom stereocenters. The van der Waals surface area contributed by atoms with Crippen molar-refractivity contribution in [2.45, 2.75) is 51.0 Å². The molecule has 1 amide bonds. The van der Waals surface area contributed by atoms with Crippen LogP contribution >= 0.6 is 0 Å². The number of hydrogen-bond donors (Lipinski definition) is 0. The lowest BCUT2D eigenvalue weighted by Crippen LogP contribution is -2.46. The van der Waals surface area contributed by atoms with Gasteiger partial charge >= 0.3 is 6.09 Å². The van der Waals surface area contributed by atoms with E-state index in [0.29, 0.717) is 26.2 Å². The monoisotopic (exact) mass is 349 g/mol. The molecule has 0 aromatic heterocycles. The molecule has 0 aliphatic carbocycles. The van der Waals surface area contributed by atoms with Crippen LogP contribution in [0.1, 0.15) is 44.7 Å². The minimum Gasteiger partial charge on any atom is -0.497 e. The van der Waals surface area contributed by atoms with Crippen LogP contribution in [0.5, 0.6) is 5.75 Å². The van der Waals surface area contributed by atoms with Crippen LogP contribution in [0.25, 0.3) is 0 Å². The third-order valence-electron chi connectivity index (χ3n) is 5.15. The molecule has 25 heavy (non-hydrogen) atoms. The number of rotatable bonds is 6. The number of benzene rings is 1. The molecule has 2 heterocycles. The molecule has 2 saturated heterocycles. The Kier molecular flexibility index (Phi) is 5.49. The maximum absolute atomic E-state index is 12.5. The predicted molar refractivity (Wildman–Crippen MR) is 92.5 cm³/mol. The van der Waals surface area contributed by atoms with Crippen molar-refractivity contribution in [1.82, 2.24) is 4.90 Å². The van der Waals surface area contributed by atoms with Crippen LogP contribution < -0.4 is 4.74 Å². The smallest absolute Gasteiger partial charge is 0.410 e. The summed E-state index contributed by atoms with van der Waals surface area (Å²) >= 11 is 0. The molecular weight excluding hydrogens is 322 g/mol. The van der Waals surface area contributed by atoms with E-state index >= 15 is 0 Å². The second-order valence-electron chi connectivity index (χ2n) is 6.60. The van der Waals surface area contributed by atoms with Gasteiger partial charge in [0.2, 0.25) is 0 Å². The van der Waals surface area contributed by atoms with E-state index in [-0.39, 0.29) is 18.2 Å². The van der Waals surface area contributed by atoms with E-state index in [1.54, 1.807) is 12.0 Å². The number of cyclic esters (lactones) is 1. The first-order chi connectivity index (χ1) is 12.1. The van der Waals surface area contributed by atoms with Gasteiger partial charge in [-0.05, 0) is 31.0 Å². The van der Waals surface area contributed by atoms with Gasteiger partial charge in [-0.2, -0.15) is 0 Å². The van der Waals surface area contributed by atoms with Gasteiger partial charge in [0.1, 0.15) is 11.9 Å². The highest BCUT2D eigenvalue weighted by Crippen LogP contribution is 2.33. The Morgan fingerprint density at radius 1 is 1.28 bits per heavy atom. The summed E-state index contributed by atoms with van der Waals surface area (Å²) in [7, 11) is 1.64. The van der Waals surface area contributed by atoms with Crippen LogP contribution in [-0.2, 0) is 14.2 Å². The summed E-state index contributed by atoms with van der Waals surface area (Å²) in [6.45, 7) is 5.93. The van der Waals surface area contributed by atoms with E-state index < -0.39 is 5.79 Å². The maximum atomic E-state index is 12.5. The Labute approximate surface area is 149 Å². The van der Waals surface area contributed by atoms with E-state index in [1.807, 2.05) is 38.1 Å². The molecule has 0 bridgehead atoms. The van der Waals surface area contributed by atoms with Crippen molar-refractivity contribution in [1.29, 1.82) is 0 Å². The van der Waals surface area contributed by atoms with E-state index in [2.05, 4.69) is 0 Å². The molecule has 0 N–H and O–H groups in total. The van der Waals surface area contributed by atoms with Gasteiger partial charge in [0.25, 0.3) is 0 Å². The second kappa shape index (κ2) is 7.62. The van der Waals surface area contributed by atoms with Crippen molar-refractivity contribution in [2.24, 2.45) is 0 Å². The molecule has 2 atom stereocenters. The summed E-state index contributed by atoms with van der Waals surface area (Å²) in [5.74, 6) is 0.216. The van der Waals surface area contributed by atoms with Crippen molar-refractivity contribution in [3.8, 4) is 5.75 Å². The molecule has 2 aliphatic rings. The average molecular weight is 349 g/mol. The summed E-state index contributed by atoms with van der Waals surface area (Å²) < 4.78 is 22.4. The predicted octanol–water partition coefficient (Wildman–Crippen LogP) is 3.51. The van der Waals surface area contributed by atoms with Crippen LogP contribution in [0, 0.1) is 0 Å². The maximum Gasteiger partial charge on any atom is 0.410 e. The first-order valence-corrected chi connectivity index (χ1v) is 8.96. The number of hydrogen-bond acceptors (Lipinski definition) is 5. The number of carbonyl (C=O) groups is 1. The van der Waals surface area contributed by atoms with E-state index in [0.717, 1.165) is 24.2 Å². The number of nitrogens with zero attached hydrogens (tertiary/aromatic N) is 1. The molecule has 0 saturated carbocycles. The van der Waals surface area contributed by atoms with Crippen LogP contribution in [0.3, 0.4) is 0 Å². The number of ether oxygens (including phenoxy) is 4. The lowest BCUT2D eigenvalue weighted by Gasteiger charge is -2.38. The van der Waals surface area contributed by atoms with Gasteiger partial charge in [-0.3, -0.25) is 0 Å². The van der Waals surface area contributed by atoms with Crippen molar-refractivity contribution >= 4 is 6.09 Å². The standard InChI is InChI=1S/C19H27NO5/c1-4-19(23-11-12-24-19)13-17-9-10-20(18(21)25-17)14(2)15-5-7-16(22-3)8-6-15/h5-8,14,17H,4,9-13H2,1-3H3/t14-,17-/m0/s1. The highest BCUT2D eigenvalue weighted by atomic mass is 16.7. The second-order valence-corrected chi connectivity index (χ2v) is 6.60. The molecule has 2 aliphatic heterocycles. The minimum atomic E-state index is -0.589. The normalized spacial score (nSPS) is 24.0. The first kappa shape index (κ1) is 18.0. The first-order valence-electron chi connectivity index (χ1n) is 8.96. The van der Waals surface area contributed by atoms with Gasteiger partial charge < -0.3 is 23.8 Å². The quantitative estimate of drug-likeness (QED) is 0.787. The Morgan fingerprint density at radius 3 is 2.52 bits per heavy atom. The minimum absolute atomic E-state index is 0.0431. The molecule has 0 spiro atoms. The molecule has 6 heteroatoms. The molecule has 3 rings (SSSR count). The fraction of sp³-hybridized carbons (Fsp3) is 0.632. The highest BCUT2D eigenvalue weighted by Gasteiger charge is 2.41. The van der Waals surface area contributed by atoms with E-state index in [4.69, 9.17) is 18.9 Å². The number of amides is 1. The molecular formula is C19H27NO5. The zero-order chi connectivity index (χ0) is 17.9. The van der Waals surface area contributed by atoms with Gasteiger partial charge in [0.15, 0.2) is 5.79 Å². The molecule has 6 nitrogen and oxygen atoms in total. The fourth-order valence-electron chi connectivity index (χ4n) is 3.51. The Balaban J connectivity index is 1.60. The van der Waals surface area contributed by atoms with Crippen molar-refractivity contribution in [2.75, 3.05) is 26.9 Å². The number of methoxy groups -OCH3 is 1. The molecule has 1 aromatic rings. The van der Waals surface area contributed by atoms with E-state index in [1.165, 1.54) is 0 Å². The van der Waals surface area contributed by atoms with Crippen LogP contribution in [-0.4, -0.2) is 49.8 Å². The summed E-state index contributed by atoms with van der Waals surface area (Å²) in [5, 5.41) is 0. The zero-order valence-electron chi connectivity index (χ0n) is 15.2. The van der Waals surface area contributed by atoms with Gasteiger partial charge in [-0.25, -0.2) is 4.79 Å². The third-order valence-corrected chi connectivity index (χ3v) is 5.15. The molecule has 138 valence electrons.